The topological polar surface area (TPSA) is 63.3 Å². The highest BCUT2D eigenvalue weighted by Crippen LogP contribution is 2.47. The second-order valence-electron chi connectivity index (χ2n) is 6.97. The normalized spacial score (nSPS) is 14.8. The van der Waals surface area contributed by atoms with Crippen LogP contribution in [0.3, 0.4) is 0 Å². The number of carboxylic acid groups (broad SMARTS) is 1. The molecule has 22 heavy (non-hydrogen) atoms. The number of aliphatic carboxylic acids is 1. The number of hydrogen-bond acceptors (Lipinski definition) is 2. The van der Waals surface area contributed by atoms with E-state index in [1.807, 2.05) is 0 Å². The van der Waals surface area contributed by atoms with E-state index < -0.39 is 11.5 Å². The molecule has 0 bridgehead atoms. The van der Waals surface area contributed by atoms with Crippen molar-refractivity contribution in [3.05, 3.63) is 0 Å². The maximum atomic E-state index is 12.1. The molecule has 0 aromatic carbocycles. The van der Waals surface area contributed by atoms with Crippen LogP contribution in [-0.2, 0) is 4.79 Å². The van der Waals surface area contributed by atoms with E-state index in [2.05, 4.69) is 27.7 Å². The lowest BCUT2D eigenvalue weighted by Gasteiger charge is -2.47. The molecule has 0 spiro atoms. The van der Waals surface area contributed by atoms with Crippen LogP contribution in [0.1, 0.15) is 105 Å². The average molecular weight is 314 g/mol. The van der Waals surface area contributed by atoms with Crippen molar-refractivity contribution in [3.8, 4) is 0 Å². The molecule has 0 unspecified atom stereocenters. The summed E-state index contributed by atoms with van der Waals surface area (Å²) in [5.74, 6) is -0.788. The van der Waals surface area contributed by atoms with E-state index in [4.69, 9.17) is 5.73 Å². The SMILES string of the molecule is CCCCC(CCCC)(CCCC)[C@@](N)(CCCC)C(=O)O. The van der Waals surface area contributed by atoms with Gasteiger partial charge in [0.15, 0.2) is 0 Å². The summed E-state index contributed by atoms with van der Waals surface area (Å²) in [6, 6.07) is 0. The van der Waals surface area contributed by atoms with Gasteiger partial charge < -0.3 is 10.8 Å². The monoisotopic (exact) mass is 313 g/mol. The molecular formula is C19H39NO2. The Hall–Kier alpha value is -0.570. The van der Waals surface area contributed by atoms with Gasteiger partial charge in [-0.2, -0.15) is 0 Å². The zero-order valence-corrected chi connectivity index (χ0v) is 15.4. The number of carbonyl (C=O) groups is 1. The van der Waals surface area contributed by atoms with Gasteiger partial charge in [-0.25, -0.2) is 0 Å². The zero-order chi connectivity index (χ0) is 17.1. The third-order valence-electron chi connectivity index (χ3n) is 5.28. The Kier molecular flexibility index (Phi) is 10.8. The molecule has 3 nitrogen and oxygen atoms in total. The zero-order valence-electron chi connectivity index (χ0n) is 15.4. The molecule has 0 radical (unpaired) electrons. The van der Waals surface area contributed by atoms with Gasteiger partial charge in [0.25, 0.3) is 0 Å². The van der Waals surface area contributed by atoms with Gasteiger partial charge in [0.1, 0.15) is 5.54 Å². The van der Waals surface area contributed by atoms with Crippen LogP contribution in [-0.4, -0.2) is 16.6 Å². The molecule has 0 rings (SSSR count). The number of carboxylic acids is 1. The summed E-state index contributed by atoms with van der Waals surface area (Å²) < 4.78 is 0. The van der Waals surface area contributed by atoms with E-state index in [-0.39, 0.29) is 5.41 Å². The van der Waals surface area contributed by atoms with Crippen LogP contribution < -0.4 is 5.73 Å². The van der Waals surface area contributed by atoms with Crippen molar-refractivity contribution in [3.63, 3.8) is 0 Å². The first-order valence-corrected chi connectivity index (χ1v) is 9.46. The lowest BCUT2D eigenvalue weighted by molar-refractivity contribution is -0.151. The van der Waals surface area contributed by atoms with E-state index in [0.717, 1.165) is 70.6 Å². The van der Waals surface area contributed by atoms with Gasteiger partial charge in [0.2, 0.25) is 0 Å². The quantitative estimate of drug-likeness (QED) is 0.444. The van der Waals surface area contributed by atoms with Crippen molar-refractivity contribution in [1.29, 1.82) is 0 Å². The fourth-order valence-corrected chi connectivity index (χ4v) is 3.64. The van der Waals surface area contributed by atoms with Crippen LogP contribution in [0, 0.1) is 5.41 Å². The molecule has 0 heterocycles. The van der Waals surface area contributed by atoms with E-state index in [9.17, 15) is 9.90 Å². The van der Waals surface area contributed by atoms with Crippen molar-refractivity contribution in [2.45, 2.75) is 110 Å². The van der Waals surface area contributed by atoms with E-state index >= 15 is 0 Å². The van der Waals surface area contributed by atoms with Gasteiger partial charge in [-0.3, -0.25) is 4.79 Å². The second-order valence-corrected chi connectivity index (χ2v) is 6.97. The van der Waals surface area contributed by atoms with E-state index in [0.29, 0.717) is 6.42 Å². The van der Waals surface area contributed by atoms with Crippen LogP contribution >= 0.6 is 0 Å². The first-order chi connectivity index (χ1) is 10.4. The van der Waals surface area contributed by atoms with Gasteiger partial charge >= 0.3 is 5.97 Å². The number of unbranched alkanes of at least 4 members (excludes halogenated alkanes) is 4. The Labute approximate surface area is 138 Å². The fraction of sp³-hybridized carbons (Fsp3) is 0.947. The molecule has 0 aliphatic rings. The fourth-order valence-electron chi connectivity index (χ4n) is 3.64. The second kappa shape index (κ2) is 11.0. The van der Waals surface area contributed by atoms with Gasteiger partial charge in [0, 0.05) is 0 Å². The summed E-state index contributed by atoms with van der Waals surface area (Å²) in [5.41, 5.74) is 5.32. The average Bonchev–Trinajstić information content (AvgIpc) is 2.51. The summed E-state index contributed by atoms with van der Waals surface area (Å²) in [6.45, 7) is 8.63. The maximum Gasteiger partial charge on any atom is 0.324 e. The third kappa shape index (κ3) is 5.57. The lowest BCUT2D eigenvalue weighted by Crippen LogP contribution is -2.61. The first-order valence-electron chi connectivity index (χ1n) is 9.46. The standard InChI is InChI=1S/C19H39NO2/c1-5-9-13-18(14-10-6-2,15-11-7-3)19(20,17(21)22)16-12-8-4/h5-16,20H2,1-4H3,(H,21,22)/t19-/m1/s1. The van der Waals surface area contributed by atoms with Crippen molar-refractivity contribution in [2.24, 2.45) is 11.1 Å². The minimum absolute atomic E-state index is 0.240. The molecule has 0 aromatic heterocycles. The summed E-state index contributed by atoms with van der Waals surface area (Å²) in [6.07, 6.45) is 11.9. The molecule has 0 saturated heterocycles. The Balaban J connectivity index is 5.60. The molecule has 0 fully saturated rings. The molecular weight excluding hydrogens is 274 g/mol. The Bertz CT molecular complexity index is 282. The molecule has 0 aliphatic heterocycles. The van der Waals surface area contributed by atoms with E-state index in [1.165, 1.54) is 0 Å². The Morgan fingerprint density at radius 2 is 1.09 bits per heavy atom. The molecule has 3 heteroatoms. The van der Waals surface area contributed by atoms with Crippen LogP contribution in [0.15, 0.2) is 0 Å². The minimum Gasteiger partial charge on any atom is -0.480 e. The minimum atomic E-state index is -1.07. The van der Waals surface area contributed by atoms with E-state index in [1.54, 1.807) is 0 Å². The number of nitrogens with two attached hydrogens (primary N) is 1. The van der Waals surface area contributed by atoms with Crippen LogP contribution in [0.5, 0.6) is 0 Å². The molecule has 0 amide bonds. The highest BCUT2D eigenvalue weighted by molar-refractivity contribution is 5.79. The molecule has 0 aliphatic carbocycles. The predicted molar refractivity (Wildman–Crippen MR) is 95.1 cm³/mol. The molecule has 132 valence electrons. The molecule has 3 N–H and O–H groups in total. The van der Waals surface area contributed by atoms with Crippen molar-refractivity contribution in [2.75, 3.05) is 0 Å². The summed E-state index contributed by atoms with van der Waals surface area (Å²) in [5, 5.41) is 9.97. The van der Waals surface area contributed by atoms with Gasteiger partial charge in [-0.1, -0.05) is 79.1 Å². The number of rotatable bonds is 14. The van der Waals surface area contributed by atoms with Gasteiger partial charge in [-0.05, 0) is 31.1 Å². The van der Waals surface area contributed by atoms with Crippen LogP contribution in [0.25, 0.3) is 0 Å². The van der Waals surface area contributed by atoms with Gasteiger partial charge in [-0.15, -0.1) is 0 Å². The molecule has 0 aromatic rings. The van der Waals surface area contributed by atoms with Crippen molar-refractivity contribution >= 4 is 5.97 Å². The highest BCUT2D eigenvalue weighted by atomic mass is 16.4. The summed E-state index contributed by atoms with van der Waals surface area (Å²) >= 11 is 0. The largest absolute Gasteiger partial charge is 0.480 e. The Morgan fingerprint density at radius 1 is 0.773 bits per heavy atom. The smallest absolute Gasteiger partial charge is 0.324 e. The lowest BCUT2D eigenvalue weighted by atomic mass is 9.60. The predicted octanol–water partition coefficient (Wildman–Crippen LogP) is 5.52. The van der Waals surface area contributed by atoms with Crippen LogP contribution in [0.2, 0.25) is 0 Å². The first kappa shape index (κ1) is 21.4. The van der Waals surface area contributed by atoms with Crippen LogP contribution in [0.4, 0.5) is 0 Å². The van der Waals surface area contributed by atoms with Crippen molar-refractivity contribution < 1.29 is 9.90 Å². The van der Waals surface area contributed by atoms with Crippen molar-refractivity contribution in [1.82, 2.24) is 0 Å². The number of hydrogen-bond donors (Lipinski definition) is 2. The molecule has 1 atom stereocenters. The molecule has 0 saturated carbocycles. The third-order valence-corrected chi connectivity index (χ3v) is 5.28. The maximum absolute atomic E-state index is 12.1. The Morgan fingerprint density at radius 3 is 1.36 bits per heavy atom. The summed E-state index contributed by atoms with van der Waals surface area (Å²) in [4.78, 5) is 12.1. The highest BCUT2D eigenvalue weighted by Gasteiger charge is 2.51. The van der Waals surface area contributed by atoms with Gasteiger partial charge in [0.05, 0.1) is 0 Å². The summed E-state index contributed by atoms with van der Waals surface area (Å²) in [7, 11) is 0.